The quantitative estimate of drug-likeness (QED) is 0.795. The molecule has 0 atom stereocenters. The Morgan fingerprint density at radius 3 is 2.39 bits per heavy atom. The Kier molecular flexibility index (Phi) is 4.18. The van der Waals surface area contributed by atoms with Crippen molar-refractivity contribution in [1.82, 2.24) is 4.57 Å². The molecule has 102 valence electrons. The van der Waals surface area contributed by atoms with Crippen molar-refractivity contribution in [2.45, 2.75) is 33.2 Å². The van der Waals surface area contributed by atoms with Gasteiger partial charge in [0.2, 0.25) is 0 Å². The standard InChI is InChI=1S/C11H17NO5S/c1-7(2)12-10(13)6-8(3)9(11(12)14)4-5-18(15,16)17/h6-7,14H,4-5H2,1-3H3,(H,15,16,17). The van der Waals surface area contributed by atoms with Gasteiger partial charge in [0.05, 0.1) is 5.75 Å². The molecule has 0 aliphatic rings. The first-order valence-corrected chi connectivity index (χ1v) is 7.13. The Morgan fingerprint density at radius 1 is 1.39 bits per heavy atom. The molecule has 2 N–H and O–H groups in total. The fourth-order valence-electron chi connectivity index (χ4n) is 1.81. The second kappa shape index (κ2) is 5.11. The second-order valence-corrected chi connectivity index (χ2v) is 6.04. The van der Waals surface area contributed by atoms with Crippen LogP contribution in [0, 0.1) is 6.92 Å². The summed E-state index contributed by atoms with van der Waals surface area (Å²) in [7, 11) is -4.10. The third-order valence-electron chi connectivity index (χ3n) is 2.68. The first kappa shape index (κ1) is 14.7. The van der Waals surface area contributed by atoms with Gasteiger partial charge in [0, 0.05) is 17.7 Å². The smallest absolute Gasteiger partial charge is 0.265 e. The summed E-state index contributed by atoms with van der Waals surface area (Å²) in [4.78, 5) is 11.7. The molecule has 1 aromatic rings. The molecule has 0 spiro atoms. The van der Waals surface area contributed by atoms with Gasteiger partial charge in [-0.25, -0.2) is 0 Å². The number of aromatic nitrogens is 1. The Labute approximate surface area is 106 Å². The minimum Gasteiger partial charge on any atom is -0.494 e. The van der Waals surface area contributed by atoms with Crippen LogP contribution in [0.1, 0.15) is 31.0 Å². The normalized spacial score (nSPS) is 12.1. The zero-order valence-corrected chi connectivity index (χ0v) is 11.4. The third kappa shape index (κ3) is 3.33. The van der Waals surface area contributed by atoms with E-state index >= 15 is 0 Å². The summed E-state index contributed by atoms with van der Waals surface area (Å²) in [6.07, 6.45) is -0.0382. The SMILES string of the molecule is Cc1cc(=O)n(C(C)C)c(O)c1CCS(=O)(=O)O. The van der Waals surface area contributed by atoms with E-state index in [1.807, 2.05) is 0 Å². The maximum absolute atomic E-state index is 11.7. The van der Waals surface area contributed by atoms with Crippen LogP contribution in [0.2, 0.25) is 0 Å². The van der Waals surface area contributed by atoms with Gasteiger partial charge in [0.15, 0.2) is 5.88 Å². The first-order chi connectivity index (χ1) is 8.13. The Bertz CT molecular complexity index is 601. The molecule has 1 heterocycles. The average molecular weight is 275 g/mol. The lowest BCUT2D eigenvalue weighted by molar-refractivity contribution is 0.381. The summed E-state index contributed by atoms with van der Waals surface area (Å²) in [6, 6.07) is 1.11. The molecule has 18 heavy (non-hydrogen) atoms. The van der Waals surface area contributed by atoms with E-state index in [9.17, 15) is 18.3 Å². The van der Waals surface area contributed by atoms with Gasteiger partial charge >= 0.3 is 0 Å². The molecule has 7 heteroatoms. The number of rotatable bonds is 4. The van der Waals surface area contributed by atoms with Crippen molar-refractivity contribution >= 4 is 10.1 Å². The average Bonchev–Trinajstić information content (AvgIpc) is 2.13. The van der Waals surface area contributed by atoms with E-state index in [0.29, 0.717) is 11.1 Å². The fourth-order valence-corrected chi connectivity index (χ4v) is 2.27. The van der Waals surface area contributed by atoms with Crippen molar-refractivity contribution in [1.29, 1.82) is 0 Å². The zero-order chi connectivity index (χ0) is 14.1. The minimum absolute atomic E-state index is 0.0382. The Morgan fingerprint density at radius 2 is 1.94 bits per heavy atom. The lowest BCUT2D eigenvalue weighted by atomic mass is 10.1. The number of aryl methyl sites for hydroxylation is 1. The summed E-state index contributed by atoms with van der Waals surface area (Å²) in [6.45, 7) is 5.09. The van der Waals surface area contributed by atoms with E-state index in [4.69, 9.17) is 4.55 Å². The highest BCUT2D eigenvalue weighted by Gasteiger charge is 2.16. The summed E-state index contributed by atoms with van der Waals surface area (Å²) in [5.74, 6) is -0.726. The minimum atomic E-state index is -4.10. The van der Waals surface area contributed by atoms with Crippen molar-refractivity contribution in [2.75, 3.05) is 5.75 Å². The molecule has 0 fully saturated rings. The molecule has 0 unspecified atom stereocenters. The Hall–Kier alpha value is -1.34. The largest absolute Gasteiger partial charge is 0.494 e. The molecule has 0 saturated carbocycles. The topological polar surface area (TPSA) is 96.6 Å². The molecule has 0 aliphatic heterocycles. The lowest BCUT2D eigenvalue weighted by Crippen LogP contribution is -2.23. The van der Waals surface area contributed by atoms with Gasteiger partial charge < -0.3 is 5.11 Å². The van der Waals surface area contributed by atoms with E-state index in [0.717, 1.165) is 0 Å². The van der Waals surface area contributed by atoms with Crippen LogP contribution in [0.4, 0.5) is 0 Å². The number of pyridine rings is 1. The van der Waals surface area contributed by atoms with Gasteiger partial charge in [0.1, 0.15) is 0 Å². The van der Waals surface area contributed by atoms with Gasteiger partial charge in [-0.05, 0) is 32.8 Å². The van der Waals surface area contributed by atoms with Crippen molar-refractivity contribution < 1.29 is 18.1 Å². The van der Waals surface area contributed by atoms with E-state index in [-0.39, 0.29) is 23.9 Å². The summed E-state index contributed by atoms with van der Waals surface area (Å²) in [5, 5.41) is 10.0. The monoisotopic (exact) mass is 275 g/mol. The van der Waals surface area contributed by atoms with Crippen LogP contribution in [-0.2, 0) is 16.5 Å². The molecule has 1 rings (SSSR count). The van der Waals surface area contributed by atoms with Crippen molar-refractivity contribution in [3.8, 4) is 5.88 Å². The van der Waals surface area contributed by atoms with Gasteiger partial charge in [0.25, 0.3) is 15.7 Å². The molecule has 0 bridgehead atoms. The fraction of sp³-hybridized carbons (Fsp3) is 0.545. The molecule has 0 aromatic carbocycles. The van der Waals surface area contributed by atoms with E-state index in [1.54, 1.807) is 20.8 Å². The van der Waals surface area contributed by atoms with Crippen molar-refractivity contribution in [3.05, 3.63) is 27.5 Å². The van der Waals surface area contributed by atoms with Gasteiger partial charge in [-0.1, -0.05) is 0 Å². The maximum Gasteiger partial charge on any atom is 0.265 e. The van der Waals surface area contributed by atoms with Crippen LogP contribution < -0.4 is 5.56 Å². The molecule has 0 aliphatic carbocycles. The predicted molar refractivity (Wildman–Crippen MR) is 67.6 cm³/mol. The van der Waals surface area contributed by atoms with Crippen molar-refractivity contribution in [3.63, 3.8) is 0 Å². The van der Waals surface area contributed by atoms with Crippen LogP contribution >= 0.6 is 0 Å². The number of hydrogen-bond donors (Lipinski definition) is 2. The molecule has 6 nitrogen and oxygen atoms in total. The molecule has 1 aromatic heterocycles. The molecular weight excluding hydrogens is 258 g/mol. The molecule has 0 radical (unpaired) electrons. The van der Waals surface area contributed by atoms with Crippen LogP contribution in [-0.4, -0.2) is 28.4 Å². The maximum atomic E-state index is 11.7. The Balaban J connectivity index is 3.28. The van der Waals surface area contributed by atoms with Crippen LogP contribution in [0.5, 0.6) is 5.88 Å². The zero-order valence-electron chi connectivity index (χ0n) is 10.5. The first-order valence-electron chi connectivity index (χ1n) is 5.52. The summed E-state index contributed by atoms with van der Waals surface area (Å²) >= 11 is 0. The summed E-state index contributed by atoms with van der Waals surface area (Å²) < 4.78 is 31.3. The molecule has 0 saturated heterocycles. The number of aromatic hydroxyl groups is 1. The molecular formula is C11H17NO5S. The number of nitrogens with zero attached hydrogens (tertiary/aromatic N) is 1. The second-order valence-electron chi connectivity index (χ2n) is 4.47. The van der Waals surface area contributed by atoms with E-state index in [1.165, 1.54) is 10.6 Å². The highest BCUT2D eigenvalue weighted by Crippen LogP contribution is 2.22. The number of hydrogen-bond acceptors (Lipinski definition) is 4. The van der Waals surface area contributed by atoms with E-state index in [2.05, 4.69) is 0 Å². The summed E-state index contributed by atoms with van der Waals surface area (Å²) in [5.41, 5.74) is 0.537. The van der Waals surface area contributed by atoms with Crippen LogP contribution in [0.15, 0.2) is 10.9 Å². The van der Waals surface area contributed by atoms with Crippen LogP contribution in [0.25, 0.3) is 0 Å². The van der Waals surface area contributed by atoms with Crippen LogP contribution in [0.3, 0.4) is 0 Å². The van der Waals surface area contributed by atoms with Gasteiger partial charge in [-0.15, -0.1) is 0 Å². The van der Waals surface area contributed by atoms with Gasteiger partial charge in [-0.2, -0.15) is 8.42 Å². The third-order valence-corrected chi connectivity index (χ3v) is 3.40. The highest BCUT2D eigenvalue weighted by atomic mass is 32.2. The van der Waals surface area contributed by atoms with E-state index < -0.39 is 15.9 Å². The van der Waals surface area contributed by atoms with Gasteiger partial charge in [-0.3, -0.25) is 13.9 Å². The molecule has 0 amide bonds. The highest BCUT2D eigenvalue weighted by molar-refractivity contribution is 7.85. The van der Waals surface area contributed by atoms with Crippen molar-refractivity contribution in [2.24, 2.45) is 0 Å². The lowest BCUT2D eigenvalue weighted by Gasteiger charge is -2.16. The predicted octanol–water partition coefficient (Wildman–Crippen LogP) is 0.874.